The molecule has 142 valence electrons. The number of hydrogen-bond donors (Lipinski definition) is 2. The van der Waals surface area contributed by atoms with Crippen LogP contribution in [0.3, 0.4) is 0 Å². The van der Waals surface area contributed by atoms with Crippen LogP contribution < -0.4 is 11.1 Å². The zero-order valence-corrected chi connectivity index (χ0v) is 16.7. The number of amides is 1. The highest BCUT2D eigenvalue weighted by atomic mass is 35.5. The van der Waals surface area contributed by atoms with Crippen LogP contribution in [-0.4, -0.2) is 44.3 Å². The number of halogens is 3. The molecular weight excluding hydrogens is 409 g/mol. The van der Waals surface area contributed by atoms with E-state index in [1.54, 1.807) is 6.07 Å². The minimum atomic E-state index is -3.84. The molecule has 1 fully saturated rings. The Labute approximate surface area is 164 Å². The highest BCUT2D eigenvalue weighted by Crippen LogP contribution is 2.34. The first kappa shape index (κ1) is 22.5. The standard InChI is InChI=1S/C15H21Cl2N3O3S.ClH/c16-12-5-3-6-13(17)15(12)24(22,23)20-9-2-1-4-11(20)10-19-14(21)7-8-18;/h3,5-6,11H,1-2,4,7-10,18H2,(H,19,21);1H. The van der Waals surface area contributed by atoms with E-state index in [1.165, 1.54) is 16.4 Å². The van der Waals surface area contributed by atoms with E-state index in [9.17, 15) is 13.2 Å². The molecule has 6 nitrogen and oxygen atoms in total. The Balaban J connectivity index is 0.00000312. The van der Waals surface area contributed by atoms with Gasteiger partial charge in [-0.1, -0.05) is 35.7 Å². The van der Waals surface area contributed by atoms with E-state index in [0.717, 1.165) is 12.8 Å². The molecule has 25 heavy (non-hydrogen) atoms. The average Bonchev–Trinajstić information content (AvgIpc) is 2.53. The fourth-order valence-electron chi connectivity index (χ4n) is 2.79. The molecule has 1 aliphatic heterocycles. The Bertz CT molecular complexity index is 680. The van der Waals surface area contributed by atoms with Gasteiger partial charge in [-0.15, -0.1) is 12.4 Å². The summed E-state index contributed by atoms with van der Waals surface area (Å²) in [6.07, 6.45) is 2.55. The number of rotatable bonds is 6. The van der Waals surface area contributed by atoms with Gasteiger partial charge in [-0.05, 0) is 25.0 Å². The van der Waals surface area contributed by atoms with Crippen LogP contribution >= 0.6 is 35.6 Å². The topological polar surface area (TPSA) is 92.5 Å². The number of nitrogens with one attached hydrogen (secondary N) is 1. The number of nitrogens with two attached hydrogens (primary N) is 1. The molecule has 1 aromatic carbocycles. The molecule has 1 saturated heterocycles. The van der Waals surface area contributed by atoms with Crippen LogP contribution in [0.1, 0.15) is 25.7 Å². The van der Waals surface area contributed by atoms with Gasteiger partial charge in [0.1, 0.15) is 4.90 Å². The molecule has 10 heteroatoms. The van der Waals surface area contributed by atoms with Gasteiger partial charge in [0.05, 0.1) is 10.0 Å². The van der Waals surface area contributed by atoms with Gasteiger partial charge >= 0.3 is 0 Å². The van der Waals surface area contributed by atoms with E-state index in [-0.39, 0.29) is 58.8 Å². The van der Waals surface area contributed by atoms with Crippen molar-refractivity contribution in [2.24, 2.45) is 5.73 Å². The maximum Gasteiger partial charge on any atom is 0.246 e. The van der Waals surface area contributed by atoms with Crippen LogP contribution in [0, 0.1) is 0 Å². The van der Waals surface area contributed by atoms with Crippen molar-refractivity contribution >= 4 is 51.5 Å². The fraction of sp³-hybridized carbons (Fsp3) is 0.533. The van der Waals surface area contributed by atoms with Gasteiger partial charge in [0.25, 0.3) is 0 Å². The van der Waals surface area contributed by atoms with Crippen molar-refractivity contribution in [3.8, 4) is 0 Å². The van der Waals surface area contributed by atoms with Crippen LogP contribution in [0.25, 0.3) is 0 Å². The van der Waals surface area contributed by atoms with Gasteiger partial charge in [0.15, 0.2) is 0 Å². The number of carbonyl (C=O) groups is 1. The molecule has 3 N–H and O–H groups in total. The van der Waals surface area contributed by atoms with Gasteiger partial charge in [0, 0.05) is 32.1 Å². The summed E-state index contributed by atoms with van der Waals surface area (Å²) in [5, 5.41) is 2.94. The number of nitrogens with zero attached hydrogens (tertiary/aromatic N) is 1. The minimum absolute atomic E-state index is 0. The summed E-state index contributed by atoms with van der Waals surface area (Å²) in [7, 11) is -3.84. The molecule has 0 bridgehead atoms. The second-order valence-corrected chi connectivity index (χ2v) is 8.30. The maximum absolute atomic E-state index is 13.0. The van der Waals surface area contributed by atoms with Crippen molar-refractivity contribution in [2.75, 3.05) is 19.6 Å². The zero-order valence-electron chi connectivity index (χ0n) is 13.6. The van der Waals surface area contributed by atoms with E-state index in [2.05, 4.69) is 5.32 Å². The molecule has 1 aliphatic rings. The molecule has 0 aromatic heterocycles. The lowest BCUT2D eigenvalue weighted by atomic mass is 10.1. The van der Waals surface area contributed by atoms with Crippen molar-refractivity contribution in [1.82, 2.24) is 9.62 Å². The van der Waals surface area contributed by atoms with Crippen LogP contribution in [0.2, 0.25) is 10.0 Å². The monoisotopic (exact) mass is 429 g/mol. The third kappa shape index (κ3) is 5.45. The lowest BCUT2D eigenvalue weighted by molar-refractivity contribution is -0.121. The average molecular weight is 431 g/mol. The Kier molecular flexibility index (Phi) is 8.94. The fourth-order valence-corrected chi connectivity index (χ4v) is 5.58. The summed E-state index contributed by atoms with van der Waals surface area (Å²) in [6, 6.07) is 4.28. The van der Waals surface area contributed by atoms with Crippen molar-refractivity contribution in [3.05, 3.63) is 28.2 Å². The van der Waals surface area contributed by atoms with E-state index in [0.29, 0.717) is 13.0 Å². The van der Waals surface area contributed by atoms with Gasteiger partial charge in [-0.25, -0.2) is 8.42 Å². The van der Waals surface area contributed by atoms with Gasteiger partial charge in [-0.3, -0.25) is 4.79 Å². The lowest BCUT2D eigenvalue weighted by Crippen LogP contribution is -2.49. The third-order valence-corrected chi connectivity index (χ3v) is 6.87. The normalized spacial score (nSPS) is 18.4. The van der Waals surface area contributed by atoms with Crippen LogP contribution in [0.5, 0.6) is 0 Å². The first-order chi connectivity index (χ1) is 11.4. The first-order valence-electron chi connectivity index (χ1n) is 7.80. The van der Waals surface area contributed by atoms with E-state index < -0.39 is 10.0 Å². The zero-order chi connectivity index (χ0) is 17.7. The Morgan fingerprint density at radius 2 is 1.92 bits per heavy atom. The number of sulfonamides is 1. The van der Waals surface area contributed by atoms with Gasteiger partial charge < -0.3 is 11.1 Å². The summed E-state index contributed by atoms with van der Waals surface area (Å²) < 4.78 is 27.5. The van der Waals surface area contributed by atoms with Crippen molar-refractivity contribution < 1.29 is 13.2 Å². The second-order valence-electron chi connectivity index (χ2n) is 5.66. The maximum atomic E-state index is 13.0. The molecular formula is C15H22Cl3N3O3S. The molecule has 0 aliphatic carbocycles. The summed E-state index contributed by atoms with van der Waals surface area (Å²) in [6.45, 7) is 0.884. The van der Waals surface area contributed by atoms with Crippen molar-refractivity contribution in [2.45, 2.75) is 36.6 Å². The van der Waals surface area contributed by atoms with Crippen LogP contribution in [0.4, 0.5) is 0 Å². The molecule has 2 rings (SSSR count). The molecule has 0 radical (unpaired) electrons. The Morgan fingerprint density at radius 3 is 2.52 bits per heavy atom. The molecule has 1 unspecified atom stereocenters. The summed E-state index contributed by atoms with van der Waals surface area (Å²) in [5.74, 6) is -0.184. The Hall–Kier alpha value is -0.570. The molecule has 0 saturated carbocycles. The smallest absolute Gasteiger partial charge is 0.246 e. The van der Waals surface area contributed by atoms with Crippen LogP contribution in [-0.2, 0) is 14.8 Å². The predicted octanol–water partition coefficient (Wildman–Crippen LogP) is 2.42. The Morgan fingerprint density at radius 1 is 1.28 bits per heavy atom. The quantitative estimate of drug-likeness (QED) is 0.725. The SMILES string of the molecule is Cl.NCCC(=O)NCC1CCCCN1S(=O)(=O)c1c(Cl)cccc1Cl. The van der Waals surface area contributed by atoms with Crippen LogP contribution in [0.15, 0.2) is 23.1 Å². The van der Waals surface area contributed by atoms with E-state index >= 15 is 0 Å². The van der Waals surface area contributed by atoms with E-state index in [4.69, 9.17) is 28.9 Å². The number of carbonyl (C=O) groups excluding carboxylic acids is 1. The third-order valence-electron chi connectivity index (χ3n) is 3.96. The van der Waals surface area contributed by atoms with Crippen molar-refractivity contribution in [1.29, 1.82) is 0 Å². The molecule has 1 aromatic rings. The number of benzene rings is 1. The second kappa shape index (κ2) is 9.94. The number of hydrogen-bond acceptors (Lipinski definition) is 4. The highest BCUT2D eigenvalue weighted by Gasteiger charge is 2.36. The minimum Gasteiger partial charge on any atom is -0.354 e. The summed E-state index contributed by atoms with van der Waals surface area (Å²) in [5.41, 5.74) is 5.35. The molecule has 1 atom stereocenters. The molecule has 0 spiro atoms. The molecule has 1 heterocycles. The largest absolute Gasteiger partial charge is 0.354 e. The summed E-state index contributed by atoms with van der Waals surface area (Å²) in [4.78, 5) is 11.5. The highest BCUT2D eigenvalue weighted by molar-refractivity contribution is 7.89. The van der Waals surface area contributed by atoms with Crippen molar-refractivity contribution in [3.63, 3.8) is 0 Å². The van der Waals surface area contributed by atoms with E-state index in [1.807, 2.05) is 0 Å². The lowest BCUT2D eigenvalue weighted by Gasteiger charge is -2.35. The summed E-state index contributed by atoms with van der Waals surface area (Å²) >= 11 is 12.2. The van der Waals surface area contributed by atoms with Gasteiger partial charge in [0.2, 0.25) is 15.9 Å². The number of piperidine rings is 1. The first-order valence-corrected chi connectivity index (χ1v) is 10.00. The predicted molar refractivity (Wildman–Crippen MR) is 102 cm³/mol. The molecule has 1 amide bonds. The van der Waals surface area contributed by atoms with Gasteiger partial charge in [-0.2, -0.15) is 4.31 Å².